The van der Waals surface area contributed by atoms with E-state index in [4.69, 9.17) is 5.84 Å². The maximum Gasteiger partial charge on any atom is 0.277 e. The molecule has 3 aromatic rings. The van der Waals surface area contributed by atoms with Crippen LogP contribution in [0.5, 0.6) is 0 Å². The van der Waals surface area contributed by atoms with Crippen molar-refractivity contribution < 1.29 is 9.18 Å². The SMILES string of the molecule is CN=C(/N=N\N)Sc1ccc(Sc2ccc(F)cc2)c(C(=O)Nc2nc(C)cs2)n1. The van der Waals surface area contributed by atoms with E-state index in [2.05, 4.69) is 30.6 Å². The maximum atomic E-state index is 13.2. The predicted octanol–water partition coefficient (Wildman–Crippen LogP) is 4.79. The molecule has 154 valence electrons. The summed E-state index contributed by atoms with van der Waals surface area (Å²) in [7, 11) is 1.55. The molecule has 30 heavy (non-hydrogen) atoms. The lowest BCUT2D eigenvalue weighted by atomic mass is 10.3. The van der Waals surface area contributed by atoms with Gasteiger partial charge in [-0.2, -0.15) is 0 Å². The zero-order valence-corrected chi connectivity index (χ0v) is 18.3. The van der Waals surface area contributed by atoms with Gasteiger partial charge in [0.1, 0.15) is 16.5 Å². The number of carbonyl (C=O) groups is 1. The number of amidine groups is 1. The molecule has 2 heterocycles. The second-order valence-corrected chi connectivity index (χ2v) is 8.59. The quantitative estimate of drug-likeness (QED) is 0.141. The number of benzene rings is 1. The number of hydrogen-bond acceptors (Lipinski definition) is 8. The number of hydrogen-bond donors (Lipinski definition) is 2. The number of anilines is 1. The van der Waals surface area contributed by atoms with Crippen LogP contribution in [0.1, 0.15) is 16.2 Å². The lowest BCUT2D eigenvalue weighted by Gasteiger charge is -2.10. The van der Waals surface area contributed by atoms with Crippen LogP contribution in [-0.2, 0) is 0 Å². The van der Waals surface area contributed by atoms with E-state index in [0.29, 0.717) is 20.2 Å². The summed E-state index contributed by atoms with van der Waals surface area (Å²) < 4.78 is 13.2. The summed E-state index contributed by atoms with van der Waals surface area (Å²) in [6.07, 6.45) is 0. The Morgan fingerprint density at radius 1 is 1.20 bits per heavy atom. The number of aliphatic imine (C=N–C) groups is 1. The molecular formula is C18H16FN7OS3. The van der Waals surface area contributed by atoms with Crippen LogP contribution in [0.3, 0.4) is 0 Å². The maximum absolute atomic E-state index is 13.2. The van der Waals surface area contributed by atoms with Crippen molar-refractivity contribution in [3.8, 4) is 0 Å². The van der Waals surface area contributed by atoms with Gasteiger partial charge in [-0.25, -0.2) is 14.4 Å². The molecule has 1 amide bonds. The average molecular weight is 462 g/mol. The molecular weight excluding hydrogens is 445 g/mol. The number of nitrogens with zero attached hydrogens (tertiary/aromatic N) is 5. The number of nitrogens with two attached hydrogens (primary N) is 1. The van der Waals surface area contributed by atoms with Crippen molar-refractivity contribution in [2.24, 2.45) is 21.2 Å². The number of rotatable bonds is 5. The molecule has 12 heteroatoms. The Bertz CT molecular complexity index is 1100. The van der Waals surface area contributed by atoms with Gasteiger partial charge < -0.3 is 5.84 Å². The van der Waals surface area contributed by atoms with E-state index >= 15 is 0 Å². The first-order chi connectivity index (χ1) is 14.5. The van der Waals surface area contributed by atoms with Gasteiger partial charge in [-0.15, -0.1) is 16.5 Å². The van der Waals surface area contributed by atoms with Crippen molar-refractivity contribution in [3.63, 3.8) is 0 Å². The summed E-state index contributed by atoms with van der Waals surface area (Å²) in [5.74, 6) is 4.35. The third kappa shape index (κ3) is 5.84. The first-order valence-electron chi connectivity index (χ1n) is 8.42. The lowest BCUT2D eigenvalue weighted by Crippen LogP contribution is -2.15. The predicted molar refractivity (Wildman–Crippen MR) is 118 cm³/mol. The first-order valence-corrected chi connectivity index (χ1v) is 10.9. The Balaban J connectivity index is 1.93. The van der Waals surface area contributed by atoms with Gasteiger partial charge in [0.05, 0.1) is 5.69 Å². The standard InChI is InChI=1S/C18H16FN7OS3/c1-10-9-28-18(22-10)24-16(27)15-13(29-12-5-3-11(19)4-6-12)7-8-14(23-15)30-17(21-2)25-26-20/h3-9H,1-2H3,(H2,20,21,25)(H,22,24,27). The van der Waals surface area contributed by atoms with Crippen molar-refractivity contribution >= 4 is 51.1 Å². The van der Waals surface area contributed by atoms with Crippen LogP contribution in [0.2, 0.25) is 0 Å². The minimum Gasteiger partial charge on any atom is -0.304 e. The molecule has 0 spiro atoms. The molecule has 3 rings (SSSR count). The third-order valence-electron chi connectivity index (χ3n) is 3.46. The van der Waals surface area contributed by atoms with E-state index in [-0.39, 0.29) is 11.5 Å². The van der Waals surface area contributed by atoms with Gasteiger partial charge in [-0.3, -0.25) is 15.1 Å². The topological polar surface area (TPSA) is 118 Å². The number of nitrogens with one attached hydrogen (secondary N) is 1. The number of amides is 1. The molecule has 3 N–H and O–H groups in total. The number of aromatic nitrogens is 2. The molecule has 0 radical (unpaired) electrons. The third-order valence-corrected chi connectivity index (χ3v) is 6.28. The minimum absolute atomic E-state index is 0.197. The monoisotopic (exact) mass is 461 g/mol. The van der Waals surface area contributed by atoms with Gasteiger partial charge in [0.15, 0.2) is 5.13 Å². The molecule has 8 nitrogen and oxygen atoms in total. The van der Waals surface area contributed by atoms with Crippen molar-refractivity contribution in [1.82, 2.24) is 9.97 Å². The van der Waals surface area contributed by atoms with Crippen LogP contribution in [0.15, 0.2) is 71.9 Å². The Morgan fingerprint density at radius 2 is 1.97 bits per heavy atom. The van der Waals surface area contributed by atoms with Crippen LogP contribution in [0, 0.1) is 12.7 Å². The number of pyridine rings is 1. The van der Waals surface area contributed by atoms with Crippen LogP contribution in [-0.4, -0.2) is 28.1 Å². The van der Waals surface area contributed by atoms with E-state index in [9.17, 15) is 9.18 Å². The fourth-order valence-corrected chi connectivity index (χ4v) is 4.40. The van der Waals surface area contributed by atoms with Crippen molar-refractivity contribution in [2.75, 3.05) is 12.4 Å². The van der Waals surface area contributed by atoms with Gasteiger partial charge in [0.25, 0.3) is 5.91 Å². The molecule has 0 aliphatic rings. The van der Waals surface area contributed by atoms with Crippen molar-refractivity contribution in [1.29, 1.82) is 0 Å². The highest BCUT2D eigenvalue weighted by atomic mass is 32.2. The van der Waals surface area contributed by atoms with E-state index in [1.165, 1.54) is 35.2 Å². The van der Waals surface area contributed by atoms with E-state index < -0.39 is 5.91 Å². The van der Waals surface area contributed by atoms with Crippen molar-refractivity contribution in [3.05, 3.63) is 59.0 Å². The highest BCUT2D eigenvalue weighted by Gasteiger charge is 2.18. The van der Waals surface area contributed by atoms with Gasteiger partial charge >= 0.3 is 0 Å². The molecule has 0 bridgehead atoms. The zero-order chi connectivity index (χ0) is 21.5. The second-order valence-electron chi connectivity index (χ2n) is 5.62. The fourth-order valence-electron chi connectivity index (χ4n) is 2.18. The lowest BCUT2D eigenvalue weighted by molar-refractivity contribution is 0.101. The van der Waals surface area contributed by atoms with Crippen molar-refractivity contribution in [2.45, 2.75) is 21.7 Å². The summed E-state index contributed by atoms with van der Waals surface area (Å²) in [6, 6.07) is 9.49. The molecule has 0 aliphatic carbocycles. The Labute approximate surface area is 184 Å². The zero-order valence-electron chi connectivity index (χ0n) is 15.9. The summed E-state index contributed by atoms with van der Waals surface area (Å²) in [6.45, 7) is 1.84. The number of carbonyl (C=O) groups excluding carboxylic acids is 1. The number of thioether (sulfide) groups is 1. The Kier molecular flexibility index (Phi) is 7.49. The van der Waals surface area contributed by atoms with Gasteiger partial charge in [-0.05, 0) is 55.1 Å². The molecule has 0 fully saturated rings. The van der Waals surface area contributed by atoms with E-state index in [1.807, 2.05) is 12.3 Å². The fraction of sp³-hybridized carbons (Fsp3) is 0.111. The molecule has 2 aromatic heterocycles. The normalized spacial score (nSPS) is 11.8. The van der Waals surface area contributed by atoms with Crippen LogP contribution in [0.25, 0.3) is 0 Å². The van der Waals surface area contributed by atoms with E-state index in [0.717, 1.165) is 22.4 Å². The van der Waals surface area contributed by atoms with Crippen LogP contribution < -0.4 is 11.2 Å². The smallest absolute Gasteiger partial charge is 0.277 e. The summed E-state index contributed by atoms with van der Waals surface area (Å²) in [5.41, 5.74) is 1.01. The molecule has 0 aliphatic heterocycles. The summed E-state index contributed by atoms with van der Waals surface area (Å²) >= 11 is 3.75. The Morgan fingerprint density at radius 3 is 2.60 bits per heavy atom. The molecule has 0 unspecified atom stereocenters. The largest absolute Gasteiger partial charge is 0.304 e. The molecule has 0 saturated heterocycles. The average Bonchev–Trinajstić information content (AvgIpc) is 3.14. The number of thiazole rings is 1. The molecule has 1 aromatic carbocycles. The highest BCUT2D eigenvalue weighted by Crippen LogP contribution is 2.32. The second kappa shape index (κ2) is 10.3. The number of halogens is 1. The summed E-state index contributed by atoms with van der Waals surface area (Å²) in [5, 5.41) is 12.8. The number of aryl methyl sites for hydroxylation is 1. The van der Waals surface area contributed by atoms with E-state index in [1.54, 1.807) is 31.3 Å². The Hall–Kier alpha value is -2.83. The first kappa shape index (κ1) is 21.9. The summed E-state index contributed by atoms with van der Waals surface area (Å²) in [4.78, 5) is 27.0. The van der Waals surface area contributed by atoms with Gasteiger partial charge in [0, 0.05) is 22.2 Å². The molecule has 0 atom stereocenters. The highest BCUT2D eigenvalue weighted by molar-refractivity contribution is 8.13. The molecule has 0 saturated carbocycles. The minimum atomic E-state index is -0.410. The van der Waals surface area contributed by atoms with Crippen LogP contribution >= 0.6 is 34.9 Å². The van der Waals surface area contributed by atoms with Crippen LogP contribution in [0.4, 0.5) is 9.52 Å². The van der Waals surface area contributed by atoms with Gasteiger partial charge in [0.2, 0.25) is 5.17 Å². The van der Waals surface area contributed by atoms with Gasteiger partial charge in [-0.1, -0.05) is 17.0 Å².